The highest BCUT2D eigenvalue weighted by atomic mass is 79.9. The van der Waals surface area contributed by atoms with Crippen LogP contribution < -0.4 is 10.1 Å². The zero-order valence-corrected chi connectivity index (χ0v) is 13.1. The van der Waals surface area contributed by atoms with Crippen molar-refractivity contribution >= 4 is 33.2 Å². The van der Waals surface area contributed by atoms with Crippen molar-refractivity contribution in [2.45, 2.75) is 6.04 Å². The molecule has 0 bridgehead atoms. The molecule has 0 fully saturated rings. The average Bonchev–Trinajstić information content (AvgIpc) is 2.45. The second-order valence-electron chi connectivity index (χ2n) is 4.10. The molecule has 102 valence electrons. The van der Waals surface area contributed by atoms with Gasteiger partial charge in [-0.05, 0) is 24.3 Å². The summed E-state index contributed by atoms with van der Waals surface area (Å²) >= 11 is 9.53. The molecule has 0 aromatic heterocycles. The van der Waals surface area contributed by atoms with Crippen LogP contribution >= 0.6 is 27.5 Å². The van der Waals surface area contributed by atoms with Crippen LogP contribution in [0.15, 0.2) is 46.9 Å². The fourth-order valence-corrected chi connectivity index (χ4v) is 2.58. The predicted molar refractivity (Wildman–Crippen MR) is 84.1 cm³/mol. The fourth-order valence-electron chi connectivity index (χ4n) is 1.79. The smallest absolute Gasteiger partial charge is 0.141 e. The van der Waals surface area contributed by atoms with Crippen LogP contribution in [0.4, 0.5) is 5.69 Å². The number of benzene rings is 2. The second kappa shape index (κ2) is 6.65. The topological polar surface area (TPSA) is 45.0 Å². The second-order valence-corrected chi connectivity index (χ2v) is 5.43. The number of anilines is 1. The summed E-state index contributed by atoms with van der Waals surface area (Å²) in [6.07, 6.45) is 0. The number of rotatable bonds is 4. The molecule has 0 saturated heterocycles. The molecule has 2 rings (SSSR count). The van der Waals surface area contributed by atoms with Crippen LogP contribution in [0.25, 0.3) is 0 Å². The van der Waals surface area contributed by atoms with Crippen molar-refractivity contribution in [1.82, 2.24) is 0 Å². The van der Waals surface area contributed by atoms with Gasteiger partial charge in [0.25, 0.3) is 0 Å². The molecule has 3 nitrogen and oxygen atoms in total. The maximum atomic E-state index is 9.35. The van der Waals surface area contributed by atoms with Gasteiger partial charge in [-0.3, -0.25) is 0 Å². The summed E-state index contributed by atoms with van der Waals surface area (Å²) in [6.45, 7) is 0. The third kappa shape index (κ3) is 3.44. The molecule has 1 atom stereocenters. The summed E-state index contributed by atoms with van der Waals surface area (Å²) in [5, 5.41) is 13.0. The van der Waals surface area contributed by atoms with Gasteiger partial charge in [0.2, 0.25) is 0 Å². The maximum absolute atomic E-state index is 9.35. The number of ether oxygens (including phenoxy) is 1. The minimum Gasteiger partial charge on any atom is -0.497 e. The van der Waals surface area contributed by atoms with Crippen molar-refractivity contribution < 1.29 is 4.74 Å². The zero-order valence-electron chi connectivity index (χ0n) is 10.7. The molecular weight excluding hydrogens is 340 g/mol. The molecule has 0 amide bonds. The highest BCUT2D eigenvalue weighted by Gasteiger charge is 2.14. The van der Waals surface area contributed by atoms with Crippen molar-refractivity contribution in [3.8, 4) is 11.8 Å². The Bertz CT molecular complexity index is 655. The Hall–Kier alpha value is -1.70. The summed E-state index contributed by atoms with van der Waals surface area (Å²) < 4.78 is 6.04. The Labute approximate surface area is 131 Å². The number of methoxy groups -OCH3 is 1. The molecule has 20 heavy (non-hydrogen) atoms. The summed E-state index contributed by atoms with van der Waals surface area (Å²) in [5.74, 6) is 0.730. The summed E-state index contributed by atoms with van der Waals surface area (Å²) in [4.78, 5) is 0. The monoisotopic (exact) mass is 350 g/mol. The number of hydrogen-bond acceptors (Lipinski definition) is 3. The van der Waals surface area contributed by atoms with E-state index in [1.54, 1.807) is 13.2 Å². The molecule has 5 heteroatoms. The highest BCUT2D eigenvalue weighted by molar-refractivity contribution is 9.10. The third-order valence-corrected chi connectivity index (χ3v) is 3.60. The predicted octanol–water partition coefficient (Wildman–Crippen LogP) is 4.79. The first-order valence-electron chi connectivity index (χ1n) is 5.89. The van der Waals surface area contributed by atoms with Gasteiger partial charge in [-0.1, -0.05) is 39.7 Å². The van der Waals surface area contributed by atoms with Crippen molar-refractivity contribution in [2.24, 2.45) is 0 Å². The van der Waals surface area contributed by atoms with Crippen LogP contribution in [-0.4, -0.2) is 7.11 Å². The van der Waals surface area contributed by atoms with Crippen molar-refractivity contribution in [3.05, 3.63) is 57.5 Å². The molecular formula is C15H12BrClN2O. The lowest BCUT2D eigenvalue weighted by Gasteiger charge is -2.15. The Morgan fingerprint density at radius 2 is 2.10 bits per heavy atom. The zero-order chi connectivity index (χ0) is 14.5. The van der Waals surface area contributed by atoms with E-state index >= 15 is 0 Å². The van der Waals surface area contributed by atoms with Gasteiger partial charge in [-0.15, -0.1) is 0 Å². The van der Waals surface area contributed by atoms with E-state index in [2.05, 4.69) is 27.3 Å². The van der Waals surface area contributed by atoms with Gasteiger partial charge in [0.15, 0.2) is 0 Å². The number of hydrogen-bond donors (Lipinski definition) is 1. The van der Waals surface area contributed by atoms with Crippen LogP contribution in [0.3, 0.4) is 0 Å². The largest absolute Gasteiger partial charge is 0.497 e. The SMILES string of the molecule is COc1cccc(NC(C#N)c2ccc(Br)cc2Cl)c1. The first-order chi connectivity index (χ1) is 9.63. The lowest BCUT2D eigenvalue weighted by Crippen LogP contribution is -2.09. The van der Waals surface area contributed by atoms with Crippen LogP contribution in [0, 0.1) is 11.3 Å². The normalized spacial score (nSPS) is 11.5. The van der Waals surface area contributed by atoms with Gasteiger partial charge >= 0.3 is 0 Å². The van der Waals surface area contributed by atoms with Gasteiger partial charge in [-0.25, -0.2) is 0 Å². The minimum absolute atomic E-state index is 0.525. The van der Waals surface area contributed by atoms with E-state index in [0.29, 0.717) is 5.02 Å². The third-order valence-electron chi connectivity index (χ3n) is 2.78. The van der Waals surface area contributed by atoms with Gasteiger partial charge in [0.1, 0.15) is 11.8 Å². The Kier molecular flexibility index (Phi) is 4.89. The van der Waals surface area contributed by atoms with Crippen LogP contribution in [0.1, 0.15) is 11.6 Å². The van der Waals surface area contributed by atoms with E-state index in [1.165, 1.54) is 0 Å². The molecule has 0 aliphatic rings. The first kappa shape index (κ1) is 14.7. The van der Waals surface area contributed by atoms with Crippen LogP contribution in [0.5, 0.6) is 5.75 Å². The van der Waals surface area contributed by atoms with Gasteiger partial charge in [-0.2, -0.15) is 5.26 Å². The lowest BCUT2D eigenvalue weighted by molar-refractivity contribution is 0.415. The summed E-state index contributed by atoms with van der Waals surface area (Å²) in [7, 11) is 1.60. The average molecular weight is 352 g/mol. The van der Waals surface area contributed by atoms with Crippen molar-refractivity contribution in [2.75, 3.05) is 12.4 Å². The van der Waals surface area contributed by atoms with Crippen molar-refractivity contribution in [3.63, 3.8) is 0 Å². The number of nitrogens with one attached hydrogen (secondary N) is 1. The Morgan fingerprint density at radius 1 is 1.30 bits per heavy atom. The molecule has 0 aliphatic carbocycles. The fraction of sp³-hybridized carbons (Fsp3) is 0.133. The summed E-state index contributed by atoms with van der Waals surface area (Å²) in [6, 6.07) is 14.6. The Balaban J connectivity index is 2.27. The van der Waals surface area contributed by atoms with E-state index in [9.17, 15) is 5.26 Å². The minimum atomic E-state index is -0.525. The summed E-state index contributed by atoms with van der Waals surface area (Å²) in [5.41, 5.74) is 1.54. The van der Waals surface area contributed by atoms with E-state index in [4.69, 9.17) is 16.3 Å². The first-order valence-corrected chi connectivity index (χ1v) is 7.06. The molecule has 0 aliphatic heterocycles. The maximum Gasteiger partial charge on any atom is 0.141 e. The quantitative estimate of drug-likeness (QED) is 0.861. The highest BCUT2D eigenvalue weighted by Crippen LogP contribution is 2.29. The standard InChI is InChI=1S/C15H12BrClN2O/c1-20-12-4-2-3-11(8-12)19-15(9-18)13-6-5-10(16)7-14(13)17/h2-8,15,19H,1H3. The Morgan fingerprint density at radius 3 is 2.75 bits per heavy atom. The molecule has 1 unspecified atom stereocenters. The van der Waals surface area contributed by atoms with Gasteiger partial charge in [0.05, 0.1) is 13.2 Å². The molecule has 0 saturated carbocycles. The van der Waals surface area contributed by atoms with E-state index < -0.39 is 6.04 Å². The van der Waals surface area contributed by atoms with Crippen molar-refractivity contribution in [1.29, 1.82) is 5.26 Å². The van der Waals surface area contributed by atoms with E-state index in [0.717, 1.165) is 21.5 Å². The molecule has 0 heterocycles. The van der Waals surface area contributed by atoms with Crippen LogP contribution in [-0.2, 0) is 0 Å². The van der Waals surface area contributed by atoms with Crippen LogP contribution in [0.2, 0.25) is 5.02 Å². The molecule has 0 spiro atoms. The molecule has 2 aromatic carbocycles. The number of halogens is 2. The van der Waals surface area contributed by atoms with E-state index in [1.807, 2.05) is 36.4 Å². The van der Waals surface area contributed by atoms with E-state index in [-0.39, 0.29) is 0 Å². The molecule has 2 aromatic rings. The molecule has 0 radical (unpaired) electrons. The van der Waals surface area contributed by atoms with Gasteiger partial charge < -0.3 is 10.1 Å². The number of nitriles is 1. The lowest BCUT2D eigenvalue weighted by atomic mass is 10.1. The number of nitrogens with zero attached hydrogens (tertiary/aromatic N) is 1. The van der Waals surface area contributed by atoms with Gasteiger partial charge in [0, 0.05) is 26.8 Å². The molecule has 1 N–H and O–H groups in total.